The Morgan fingerprint density at radius 3 is 3.12 bits per heavy atom. The molecule has 1 aliphatic rings. The van der Waals surface area contributed by atoms with Crippen LogP contribution >= 0.6 is 0 Å². The van der Waals surface area contributed by atoms with E-state index in [-0.39, 0.29) is 6.10 Å². The fraction of sp³-hybridized carbons (Fsp3) is 0.385. The third-order valence-electron chi connectivity index (χ3n) is 3.02. The number of ether oxygens (including phenoxy) is 2. The van der Waals surface area contributed by atoms with Crippen LogP contribution in [0.4, 0.5) is 0 Å². The molecule has 0 bridgehead atoms. The zero-order valence-electron chi connectivity index (χ0n) is 9.54. The van der Waals surface area contributed by atoms with Gasteiger partial charge in [-0.05, 0) is 31.5 Å². The third-order valence-corrected chi connectivity index (χ3v) is 3.02. The highest BCUT2D eigenvalue weighted by atomic mass is 16.6. The molecule has 2 aromatic rings. The second-order valence-corrected chi connectivity index (χ2v) is 4.27. The summed E-state index contributed by atoms with van der Waals surface area (Å²) in [5.74, 6) is 1.75. The van der Waals surface area contributed by atoms with Gasteiger partial charge in [0.25, 0.3) is 0 Å². The third kappa shape index (κ3) is 1.35. The average molecular weight is 217 g/mol. The number of H-pyrrole nitrogens is 1. The van der Waals surface area contributed by atoms with E-state index >= 15 is 0 Å². The van der Waals surface area contributed by atoms with E-state index in [2.05, 4.69) is 18.0 Å². The Kier molecular flexibility index (Phi) is 2.06. The minimum absolute atomic E-state index is 0.174. The summed E-state index contributed by atoms with van der Waals surface area (Å²) < 4.78 is 11.7. The maximum absolute atomic E-state index is 5.96. The molecule has 0 radical (unpaired) electrons. The van der Waals surface area contributed by atoms with Crippen molar-refractivity contribution < 1.29 is 9.47 Å². The molecule has 0 saturated carbocycles. The second kappa shape index (κ2) is 3.44. The van der Waals surface area contributed by atoms with E-state index < -0.39 is 0 Å². The molecule has 3 heteroatoms. The smallest absolute Gasteiger partial charge is 0.171 e. The van der Waals surface area contributed by atoms with Gasteiger partial charge in [-0.3, -0.25) is 0 Å². The van der Waals surface area contributed by atoms with Crippen molar-refractivity contribution in [2.45, 2.75) is 26.4 Å². The first-order valence-corrected chi connectivity index (χ1v) is 5.69. The van der Waals surface area contributed by atoms with Crippen molar-refractivity contribution in [2.75, 3.05) is 6.61 Å². The van der Waals surface area contributed by atoms with Gasteiger partial charge >= 0.3 is 0 Å². The van der Waals surface area contributed by atoms with Crippen LogP contribution in [0.3, 0.4) is 0 Å². The Hall–Kier alpha value is -1.64. The van der Waals surface area contributed by atoms with Crippen LogP contribution < -0.4 is 9.47 Å². The number of rotatable bonds is 1. The molecule has 0 saturated heterocycles. The van der Waals surface area contributed by atoms with E-state index in [1.54, 1.807) is 0 Å². The zero-order chi connectivity index (χ0) is 11.1. The maximum atomic E-state index is 5.96. The quantitative estimate of drug-likeness (QED) is 0.796. The number of aryl methyl sites for hydroxylation is 1. The Bertz CT molecular complexity index is 530. The van der Waals surface area contributed by atoms with E-state index in [0.29, 0.717) is 6.61 Å². The van der Waals surface area contributed by atoms with Gasteiger partial charge in [-0.15, -0.1) is 0 Å². The molecule has 84 valence electrons. The number of hydrogen-bond donors (Lipinski definition) is 1. The molecular weight excluding hydrogens is 202 g/mol. The molecule has 1 aliphatic heterocycles. The predicted molar refractivity (Wildman–Crippen MR) is 63.2 cm³/mol. The molecule has 0 spiro atoms. The van der Waals surface area contributed by atoms with Crippen LogP contribution in [-0.4, -0.2) is 17.7 Å². The highest BCUT2D eigenvalue weighted by molar-refractivity contribution is 5.89. The Morgan fingerprint density at radius 1 is 1.44 bits per heavy atom. The average Bonchev–Trinajstić information content (AvgIpc) is 2.69. The summed E-state index contributed by atoms with van der Waals surface area (Å²) in [6, 6.07) is 6.12. The van der Waals surface area contributed by atoms with Crippen molar-refractivity contribution >= 4 is 10.9 Å². The number of benzene rings is 1. The number of hydrogen-bond acceptors (Lipinski definition) is 2. The van der Waals surface area contributed by atoms with Crippen molar-refractivity contribution in [2.24, 2.45) is 0 Å². The molecule has 3 nitrogen and oxygen atoms in total. The van der Waals surface area contributed by atoms with Crippen LogP contribution in [-0.2, 0) is 0 Å². The minimum Gasteiger partial charge on any atom is -0.486 e. The highest BCUT2D eigenvalue weighted by Crippen LogP contribution is 2.39. The number of nitrogens with one attached hydrogen (secondary N) is 1. The van der Waals surface area contributed by atoms with Crippen molar-refractivity contribution in [3.63, 3.8) is 0 Å². The van der Waals surface area contributed by atoms with Crippen LogP contribution in [0.5, 0.6) is 11.5 Å². The van der Waals surface area contributed by atoms with Gasteiger partial charge in [-0.2, -0.15) is 0 Å². The molecule has 0 fully saturated rings. The van der Waals surface area contributed by atoms with Crippen LogP contribution in [0, 0.1) is 6.92 Å². The van der Waals surface area contributed by atoms with Gasteiger partial charge in [0.1, 0.15) is 12.7 Å². The zero-order valence-corrected chi connectivity index (χ0v) is 9.54. The van der Waals surface area contributed by atoms with Crippen LogP contribution in [0.1, 0.15) is 19.0 Å². The summed E-state index contributed by atoms with van der Waals surface area (Å²) in [6.45, 7) is 4.81. The summed E-state index contributed by atoms with van der Waals surface area (Å²) in [6.07, 6.45) is 1.15. The standard InChI is InChI=1S/C13H15NO2/c1-3-9-7-15-12-5-4-11-10(13(12)16-9)6-8(2)14-11/h4-6,9,14H,3,7H2,1-2H3. The van der Waals surface area contributed by atoms with E-state index in [1.165, 1.54) is 0 Å². The van der Waals surface area contributed by atoms with Crippen molar-refractivity contribution in [3.05, 3.63) is 23.9 Å². The minimum atomic E-state index is 0.174. The van der Waals surface area contributed by atoms with Crippen LogP contribution in [0.15, 0.2) is 18.2 Å². The summed E-state index contributed by atoms with van der Waals surface area (Å²) >= 11 is 0. The first kappa shape index (κ1) is 9.58. The Balaban J connectivity index is 2.17. The van der Waals surface area contributed by atoms with Crippen LogP contribution in [0.25, 0.3) is 10.9 Å². The molecule has 1 aromatic carbocycles. The first-order valence-electron chi connectivity index (χ1n) is 5.69. The second-order valence-electron chi connectivity index (χ2n) is 4.27. The summed E-state index contributed by atoms with van der Waals surface area (Å²) in [7, 11) is 0. The van der Waals surface area contributed by atoms with Crippen molar-refractivity contribution in [1.82, 2.24) is 4.98 Å². The Labute approximate surface area is 94.4 Å². The molecule has 2 heterocycles. The normalized spacial score (nSPS) is 19.0. The molecule has 0 amide bonds. The maximum Gasteiger partial charge on any atom is 0.171 e. The van der Waals surface area contributed by atoms with Gasteiger partial charge in [-0.1, -0.05) is 6.92 Å². The van der Waals surface area contributed by atoms with E-state index in [1.807, 2.05) is 19.1 Å². The summed E-state index contributed by atoms with van der Waals surface area (Å²) in [5.41, 5.74) is 2.25. The summed E-state index contributed by atoms with van der Waals surface area (Å²) in [5, 5.41) is 1.12. The van der Waals surface area contributed by atoms with E-state index in [9.17, 15) is 0 Å². The number of fused-ring (bicyclic) bond motifs is 3. The predicted octanol–water partition coefficient (Wildman–Crippen LogP) is 3.03. The molecule has 1 N–H and O–H groups in total. The summed E-state index contributed by atoms with van der Waals surface area (Å²) in [4.78, 5) is 3.31. The molecule has 0 aliphatic carbocycles. The van der Waals surface area contributed by atoms with Crippen molar-refractivity contribution in [3.8, 4) is 11.5 Å². The fourth-order valence-corrected chi connectivity index (χ4v) is 2.12. The molecule has 16 heavy (non-hydrogen) atoms. The van der Waals surface area contributed by atoms with Gasteiger partial charge in [-0.25, -0.2) is 0 Å². The highest BCUT2D eigenvalue weighted by Gasteiger charge is 2.22. The lowest BCUT2D eigenvalue weighted by molar-refractivity contribution is 0.0905. The molecule has 1 atom stereocenters. The fourth-order valence-electron chi connectivity index (χ4n) is 2.12. The van der Waals surface area contributed by atoms with Gasteiger partial charge in [0.05, 0.1) is 0 Å². The SMILES string of the molecule is CCC1COc2ccc3[nH]c(C)cc3c2O1. The van der Waals surface area contributed by atoms with Gasteiger partial charge < -0.3 is 14.5 Å². The lowest BCUT2D eigenvalue weighted by atomic mass is 10.2. The van der Waals surface area contributed by atoms with Gasteiger partial charge in [0, 0.05) is 16.6 Å². The lowest BCUT2D eigenvalue weighted by Crippen LogP contribution is -2.28. The topological polar surface area (TPSA) is 34.2 Å². The van der Waals surface area contributed by atoms with Gasteiger partial charge in [0.2, 0.25) is 0 Å². The lowest BCUT2D eigenvalue weighted by Gasteiger charge is -2.26. The molecular formula is C13H15NO2. The number of aromatic amines is 1. The van der Waals surface area contributed by atoms with E-state index in [4.69, 9.17) is 9.47 Å². The number of aromatic nitrogens is 1. The Morgan fingerprint density at radius 2 is 2.31 bits per heavy atom. The van der Waals surface area contributed by atoms with Crippen molar-refractivity contribution in [1.29, 1.82) is 0 Å². The molecule has 3 rings (SSSR count). The molecule has 1 unspecified atom stereocenters. The monoisotopic (exact) mass is 217 g/mol. The van der Waals surface area contributed by atoms with Crippen LogP contribution in [0.2, 0.25) is 0 Å². The molecule has 1 aromatic heterocycles. The van der Waals surface area contributed by atoms with E-state index in [0.717, 1.165) is 34.5 Å². The first-order chi connectivity index (χ1) is 7.78. The van der Waals surface area contributed by atoms with Gasteiger partial charge in [0.15, 0.2) is 11.5 Å². The largest absolute Gasteiger partial charge is 0.486 e.